The molecule has 1 aromatic heterocycles. The first-order chi connectivity index (χ1) is 6.75. The summed E-state index contributed by atoms with van der Waals surface area (Å²) in [5.74, 6) is 0. The Labute approximate surface area is 87.2 Å². The molecule has 0 N–H and O–H groups in total. The van der Waals surface area contributed by atoms with Crippen molar-refractivity contribution in [1.29, 1.82) is 0 Å². The van der Waals surface area contributed by atoms with E-state index in [1.807, 2.05) is 45.2 Å². The van der Waals surface area contributed by atoms with Crippen LogP contribution in [0.15, 0.2) is 31.0 Å². The molecule has 1 heterocycles. The van der Waals surface area contributed by atoms with E-state index >= 15 is 0 Å². The predicted octanol–water partition coefficient (Wildman–Crippen LogP) is 3.92. The summed E-state index contributed by atoms with van der Waals surface area (Å²) < 4.78 is 0. The number of hydrogen-bond acceptors (Lipinski definition) is 1. The molecular formula is C13H19N. The molecule has 0 unspecified atom stereocenters. The molecule has 1 nitrogen and oxygen atoms in total. The highest BCUT2D eigenvalue weighted by molar-refractivity contribution is 5.56. The smallest absolute Gasteiger partial charge is 0.0447 e. The predicted molar refractivity (Wildman–Crippen MR) is 64.3 cm³/mol. The SMILES string of the molecule is C=C/C=C\c1c(C)ccnc1C.CC. The highest BCUT2D eigenvalue weighted by atomic mass is 14.7. The lowest BCUT2D eigenvalue weighted by atomic mass is 10.1. The first-order valence-corrected chi connectivity index (χ1v) is 4.97. The Morgan fingerprint density at radius 2 is 1.93 bits per heavy atom. The third-order valence-electron chi connectivity index (χ3n) is 1.81. The molecule has 0 saturated carbocycles. The maximum atomic E-state index is 4.21. The average molecular weight is 189 g/mol. The van der Waals surface area contributed by atoms with Gasteiger partial charge in [0.15, 0.2) is 0 Å². The molecule has 1 rings (SSSR count). The van der Waals surface area contributed by atoms with Crippen LogP contribution in [0.5, 0.6) is 0 Å². The minimum atomic E-state index is 1.06. The van der Waals surface area contributed by atoms with Gasteiger partial charge in [-0.25, -0.2) is 0 Å². The molecule has 0 aliphatic rings. The van der Waals surface area contributed by atoms with Crippen LogP contribution in [0.4, 0.5) is 0 Å². The van der Waals surface area contributed by atoms with Crippen molar-refractivity contribution < 1.29 is 0 Å². The van der Waals surface area contributed by atoms with Crippen LogP contribution >= 0.6 is 0 Å². The van der Waals surface area contributed by atoms with Crippen LogP contribution in [0.1, 0.15) is 30.7 Å². The van der Waals surface area contributed by atoms with Gasteiger partial charge in [-0.1, -0.05) is 38.7 Å². The number of rotatable bonds is 2. The summed E-state index contributed by atoms with van der Waals surface area (Å²) in [5, 5.41) is 0. The van der Waals surface area contributed by atoms with Gasteiger partial charge in [-0.3, -0.25) is 4.98 Å². The Hall–Kier alpha value is -1.37. The highest BCUT2D eigenvalue weighted by Crippen LogP contribution is 2.12. The van der Waals surface area contributed by atoms with Gasteiger partial charge in [-0.2, -0.15) is 0 Å². The second kappa shape index (κ2) is 7.07. The third-order valence-corrected chi connectivity index (χ3v) is 1.81. The van der Waals surface area contributed by atoms with E-state index in [4.69, 9.17) is 0 Å². The van der Waals surface area contributed by atoms with E-state index in [0.29, 0.717) is 0 Å². The number of pyridine rings is 1. The van der Waals surface area contributed by atoms with Crippen molar-refractivity contribution in [2.75, 3.05) is 0 Å². The molecule has 0 aliphatic carbocycles. The van der Waals surface area contributed by atoms with Gasteiger partial charge in [0.25, 0.3) is 0 Å². The molecule has 1 heteroatoms. The quantitative estimate of drug-likeness (QED) is 0.642. The maximum absolute atomic E-state index is 4.21. The van der Waals surface area contributed by atoms with Crippen LogP contribution in [-0.2, 0) is 0 Å². The monoisotopic (exact) mass is 189 g/mol. The zero-order chi connectivity index (χ0) is 11.0. The van der Waals surface area contributed by atoms with E-state index in [-0.39, 0.29) is 0 Å². The molecule has 0 aliphatic heterocycles. The van der Waals surface area contributed by atoms with Crippen molar-refractivity contribution in [3.8, 4) is 0 Å². The minimum Gasteiger partial charge on any atom is -0.261 e. The molecule has 1 aromatic rings. The van der Waals surface area contributed by atoms with E-state index < -0.39 is 0 Å². The number of allylic oxidation sites excluding steroid dienone is 2. The third kappa shape index (κ3) is 3.56. The largest absolute Gasteiger partial charge is 0.261 e. The van der Waals surface area contributed by atoms with Crippen molar-refractivity contribution in [2.45, 2.75) is 27.7 Å². The number of hydrogen-bond donors (Lipinski definition) is 0. The van der Waals surface area contributed by atoms with Crippen molar-refractivity contribution in [3.05, 3.63) is 47.8 Å². The Morgan fingerprint density at radius 1 is 1.29 bits per heavy atom. The number of nitrogens with zero attached hydrogens (tertiary/aromatic N) is 1. The van der Waals surface area contributed by atoms with Crippen LogP contribution in [0.25, 0.3) is 6.08 Å². The summed E-state index contributed by atoms with van der Waals surface area (Å²) in [5.41, 5.74) is 3.51. The lowest BCUT2D eigenvalue weighted by molar-refractivity contribution is 1.16. The van der Waals surface area contributed by atoms with E-state index in [0.717, 1.165) is 5.69 Å². The standard InChI is InChI=1S/C11H13N.C2H6/c1-4-5-6-11-9(2)7-8-12-10(11)3;1-2/h4-8H,1H2,2-3H3;1-2H3/b6-5-;. The summed E-state index contributed by atoms with van der Waals surface area (Å²) in [6.07, 6.45) is 7.56. The molecule has 0 radical (unpaired) electrons. The highest BCUT2D eigenvalue weighted by Gasteiger charge is 1.96. The first-order valence-electron chi connectivity index (χ1n) is 4.97. The number of aryl methyl sites for hydroxylation is 2. The van der Waals surface area contributed by atoms with Crippen LogP contribution in [-0.4, -0.2) is 4.98 Å². The van der Waals surface area contributed by atoms with Crippen molar-refractivity contribution >= 4 is 6.08 Å². The van der Waals surface area contributed by atoms with E-state index in [1.165, 1.54) is 11.1 Å². The molecule has 0 aromatic carbocycles. The molecule has 0 saturated heterocycles. The molecule has 0 spiro atoms. The fraction of sp³-hybridized carbons (Fsp3) is 0.308. The summed E-state index contributed by atoms with van der Waals surface area (Å²) in [6.45, 7) is 11.7. The van der Waals surface area contributed by atoms with E-state index in [2.05, 4.69) is 18.5 Å². The molecule has 0 amide bonds. The van der Waals surface area contributed by atoms with Gasteiger partial charge in [0, 0.05) is 11.9 Å². The van der Waals surface area contributed by atoms with Gasteiger partial charge in [0.1, 0.15) is 0 Å². The number of aromatic nitrogens is 1. The van der Waals surface area contributed by atoms with Crippen LogP contribution in [0.3, 0.4) is 0 Å². The fourth-order valence-electron chi connectivity index (χ4n) is 1.12. The van der Waals surface area contributed by atoms with Crippen LogP contribution in [0.2, 0.25) is 0 Å². The average Bonchev–Trinajstić information content (AvgIpc) is 2.20. The Balaban J connectivity index is 0.000000791. The van der Waals surface area contributed by atoms with Gasteiger partial charge < -0.3 is 0 Å². The molecule has 76 valence electrons. The normalized spacial score (nSPS) is 9.43. The van der Waals surface area contributed by atoms with Crippen LogP contribution < -0.4 is 0 Å². The first kappa shape index (κ1) is 12.6. The van der Waals surface area contributed by atoms with E-state index in [9.17, 15) is 0 Å². The van der Waals surface area contributed by atoms with Gasteiger partial charge in [0.2, 0.25) is 0 Å². The van der Waals surface area contributed by atoms with Crippen LogP contribution in [0, 0.1) is 13.8 Å². The minimum absolute atomic E-state index is 1.06. The molecule has 0 atom stereocenters. The second-order valence-corrected chi connectivity index (χ2v) is 2.72. The van der Waals surface area contributed by atoms with Gasteiger partial charge in [0.05, 0.1) is 0 Å². The molecule has 14 heavy (non-hydrogen) atoms. The molecule has 0 fully saturated rings. The zero-order valence-electron chi connectivity index (χ0n) is 9.54. The van der Waals surface area contributed by atoms with Crippen molar-refractivity contribution in [2.24, 2.45) is 0 Å². The van der Waals surface area contributed by atoms with E-state index in [1.54, 1.807) is 6.08 Å². The second-order valence-electron chi connectivity index (χ2n) is 2.72. The topological polar surface area (TPSA) is 12.9 Å². The lowest BCUT2D eigenvalue weighted by Crippen LogP contribution is -1.88. The summed E-state index contributed by atoms with van der Waals surface area (Å²) in [7, 11) is 0. The molecule has 0 bridgehead atoms. The lowest BCUT2D eigenvalue weighted by Gasteiger charge is -2.01. The summed E-state index contributed by atoms with van der Waals surface area (Å²) in [4.78, 5) is 4.21. The Morgan fingerprint density at radius 3 is 2.43 bits per heavy atom. The van der Waals surface area contributed by atoms with Crippen molar-refractivity contribution in [3.63, 3.8) is 0 Å². The molecular weight excluding hydrogens is 170 g/mol. The zero-order valence-corrected chi connectivity index (χ0v) is 9.54. The Bertz CT molecular complexity index is 291. The summed E-state index contributed by atoms with van der Waals surface area (Å²) in [6, 6.07) is 2.01. The van der Waals surface area contributed by atoms with Gasteiger partial charge in [-0.05, 0) is 31.0 Å². The summed E-state index contributed by atoms with van der Waals surface area (Å²) >= 11 is 0. The van der Waals surface area contributed by atoms with Gasteiger partial charge in [-0.15, -0.1) is 0 Å². The van der Waals surface area contributed by atoms with Gasteiger partial charge >= 0.3 is 0 Å². The maximum Gasteiger partial charge on any atom is 0.0447 e. The Kier molecular flexibility index (Phi) is 6.38. The van der Waals surface area contributed by atoms with Crippen molar-refractivity contribution in [1.82, 2.24) is 4.98 Å². The fourth-order valence-corrected chi connectivity index (χ4v) is 1.12.